The van der Waals surface area contributed by atoms with Gasteiger partial charge in [-0.15, -0.1) is 17.0 Å². The number of hydrogen-bond acceptors (Lipinski definition) is 3. The number of nitrogens with zero attached hydrogens (tertiary/aromatic N) is 6. The predicted molar refractivity (Wildman–Crippen MR) is 209 cm³/mol. The van der Waals surface area contributed by atoms with Gasteiger partial charge in [0.1, 0.15) is 0 Å². The maximum atomic E-state index is 5.41. The predicted octanol–water partition coefficient (Wildman–Crippen LogP) is 12.1. The summed E-state index contributed by atoms with van der Waals surface area (Å²) in [5.74, 6) is 0.399. The molecule has 254 valence electrons. The Kier molecular flexibility index (Phi) is 27.1. The molecule has 1 heterocycles. The largest absolute Gasteiger partial charge is 4.00 e. The van der Waals surface area contributed by atoms with Crippen LogP contribution in [-0.4, -0.2) is 54.3 Å². The molecule has 0 saturated heterocycles. The molecule has 1 unspecified atom stereocenters. The van der Waals surface area contributed by atoms with Crippen molar-refractivity contribution in [2.45, 2.75) is 59.9 Å². The van der Waals surface area contributed by atoms with E-state index in [1.807, 2.05) is 32.0 Å². The summed E-state index contributed by atoms with van der Waals surface area (Å²) in [6.45, 7) is 16.7. The fourth-order valence-electron chi connectivity index (χ4n) is 4.47. The van der Waals surface area contributed by atoms with Gasteiger partial charge >= 0.3 is 25.8 Å². The normalized spacial score (nSPS) is 10.2. The number of thiazole rings is 1. The fraction of sp³-hybridized carbons (Fsp3) is 0.410. The zero-order valence-electron chi connectivity index (χ0n) is 31.2. The Morgan fingerprint density at radius 1 is 0.851 bits per heavy atom. The van der Waals surface area contributed by atoms with E-state index in [0.717, 1.165) is 39.6 Å². The van der Waals surface area contributed by atoms with Gasteiger partial charge in [-0.3, -0.25) is 0 Å². The van der Waals surface area contributed by atoms with E-state index < -0.39 is 0 Å². The van der Waals surface area contributed by atoms with Gasteiger partial charge in [0.2, 0.25) is 0 Å². The molecule has 0 aliphatic rings. The van der Waals surface area contributed by atoms with E-state index >= 15 is 0 Å². The van der Waals surface area contributed by atoms with Crippen LogP contribution >= 0.6 is 11.3 Å². The molecule has 0 bridgehead atoms. The topological polar surface area (TPSA) is 72.5 Å². The van der Waals surface area contributed by atoms with Crippen molar-refractivity contribution in [3.8, 4) is 11.3 Å². The van der Waals surface area contributed by atoms with Crippen LogP contribution in [0.15, 0.2) is 84.9 Å². The van der Waals surface area contributed by atoms with Crippen LogP contribution in [0.2, 0.25) is 0 Å². The standard InChI is InChI=1S/C31H34N3S.3C2H6N.C2H6.Hf/c1-7-23-16-12-17-25(21(3)4)29(23)33-30(24-14-10-9-11-15-24)31-32-27(20-35-31)26-18-13-19-28(22(26)5)34(6)8-2;3*1-3-2;1-2;/h8-21,30H,2,7H2,1,3-6H3;3*1-2H3;1-2H3;/q4*-1;;+4. The van der Waals surface area contributed by atoms with Gasteiger partial charge < -0.3 is 26.2 Å². The third-order valence-electron chi connectivity index (χ3n) is 6.52. The number of para-hydroxylation sites is 1. The maximum Gasteiger partial charge on any atom is 4.00 e. The number of aromatic nitrogens is 1. The minimum atomic E-state index is -0.153. The summed E-state index contributed by atoms with van der Waals surface area (Å²) >= 11 is 1.68. The summed E-state index contributed by atoms with van der Waals surface area (Å²) in [4.78, 5) is 7.20. The molecule has 4 rings (SSSR count). The quantitative estimate of drug-likeness (QED) is 0.158. The second-order valence-corrected chi connectivity index (χ2v) is 11.4. The van der Waals surface area contributed by atoms with Gasteiger partial charge in [0.05, 0.1) is 10.7 Å². The van der Waals surface area contributed by atoms with Gasteiger partial charge in [0.15, 0.2) is 0 Å². The van der Waals surface area contributed by atoms with Crippen LogP contribution in [0.3, 0.4) is 0 Å². The van der Waals surface area contributed by atoms with Crippen LogP contribution in [0.1, 0.15) is 73.8 Å². The first kappa shape index (κ1) is 46.5. The zero-order valence-corrected chi connectivity index (χ0v) is 35.6. The van der Waals surface area contributed by atoms with Crippen LogP contribution < -0.4 is 4.90 Å². The van der Waals surface area contributed by atoms with Crippen LogP contribution in [0.5, 0.6) is 0 Å². The summed E-state index contributed by atoms with van der Waals surface area (Å²) in [6.07, 6.45) is 2.78. The van der Waals surface area contributed by atoms with Crippen molar-refractivity contribution in [3.05, 3.63) is 133 Å². The first-order chi connectivity index (χ1) is 22.2. The van der Waals surface area contributed by atoms with Crippen LogP contribution in [0, 0.1) is 6.92 Å². The smallest absolute Gasteiger partial charge is 0.672 e. The molecule has 0 fully saturated rings. The van der Waals surface area contributed by atoms with Crippen molar-refractivity contribution >= 4 is 22.7 Å². The molecular weight excluding hydrogens is 763 g/mol. The average Bonchev–Trinajstić information content (AvgIpc) is 3.55. The molecule has 0 aliphatic carbocycles. The van der Waals surface area contributed by atoms with Crippen LogP contribution in [-0.2, 0) is 32.3 Å². The number of benzene rings is 3. The van der Waals surface area contributed by atoms with Crippen molar-refractivity contribution in [1.82, 2.24) is 4.98 Å². The molecule has 8 heteroatoms. The summed E-state index contributed by atoms with van der Waals surface area (Å²) in [6, 6.07) is 23.3. The molecule has 0 radical (unpaired) electrons. The van der Waals surface area contributed by atoms with Gasteiger partial charge in [0.25, 0.3) is 0 Å². The molecule has 0 spiro atoms. The van der Waals surface area contributed by atoms with Crippen molar-refractivity contribution in [1.29, 1.82) is 0 Å². The third kappa shape index (κ3) is 15.0. The minimum Gasteiger partial charge on any atom is -0.672 e. The third-order valence-corrected chi connectivity index (χ3v) is 7.42. The van der Waals surface area contributed by atoms with Crippen molar-refractivity contribution in [2.75, 3.05) is 54.2 Å². The monoisotopic (exact) mass is 822 g/mol. The molecule has 47 heavy (non-hydrogen) atoms. The van der Waals surface area contributed by atoms with Crippen molar-refractivity contribution < 1.29 is 25.8 Å². The van der Waals surface area contributed by atoms with Gasteiger partial charge in [-0.05, 0) is 43.1 Å². The molecule has 0 aliphatic heterocycles. The summed E-state index contributed by atoms with van der Waals surface area (Å²) in [5, 5.41) is 19.1. The van der Waals surface area contributed by atoms with Crippen LogP contribution in [0.4, 0.5) is 11.4 Å². The van der Waals surface area contributed by atoms with Crippen molar-refractivity contribution in [3.63, 3.8) is 0 Å². The maximum absolute atomic E-state index is 5.41. The Morgan fingerprint density at radius 2 is 1.40 bits per heavy atom. The Bertz CT molecular complexity index is 1350. The van der Waals surface area contributed by atoms with E-state index in [-0.39, 0.29) is 31.9 Å². The van der Waals surface area contributed by atoms with E-state index in [1.165, 1.54) is 16.7 Å². The molecule has 0 saturated carbocycles. The SMILES string of the molecule is C=CN(C)c1cccc(-c2csc(C([N-]c3c(CC)cccc3C(C)C)c3ccccc3)n2)c1C.CC.C[N-]C.C[N-]C.C[N-]C.[Hf+4]. The summed E-state index contributed by atoms with van der Waals surface area (Å²) < 4.78 is 0. The molecule has 1 aromatic heterocycles. The van der Waals surface area contributed by atoms with E-state index in [1.54, 1.807) is 53.6 Å². The first-order valence-electron chi connectivity index (χ1n) is 15.9. The molecule has 0 N–H and O–H groups in total. The Labute approximate surface area is 310 Å². The number of hydrogen-bond donors (Lipinski definition) is 0. The minimum absolute atomic E-state index is 0. The Morgan fingerprint density at radius 3 is 1.91 bits per heavy atom. The van der Waals surface area contributed by atoms with E-state index in [2.05, 4.69) is 122 Å². The van der Waals surface area contributed by atoms with Gasteiger partial charge in [-0.2, -0.15) is 42.3 Å². The number of aryl methyl sites for hydroxylation is 1. The van der Waals surface area contributed by atoms with Crippen molar-refractivity contribution in [2.24, 2.45) is 0 Å². The fourth-order valence-corrected chi connectivity index (χ4v) is 5.36. The van der Waals surface area contributed by atoms with Gasteiger partial charge in [-0.1, -0.05) is 119 Å². The van der Waals surface area contributed by atoms with Crippen LogP contribution in [0.25, 0.3) is 32.5 Å². The molecule has 3 aromatic carbocycles. The second-order valence-electron chi connectivity index (χ2n) is 10.5. The van der Waals surface area contributed by atoms with Gasteiger partial charge in [0, 0.05) is 23.7 Å². The number of rotatable bonds is 9. The molecule has 1 atom stereocenters. The molecule has 6 nitrogen and oxygen atoms in total. The zero-order chi connectivity index (χ0) is 35.1. The Hall–Kier alpha value is -2.62. The second kappa shape index (κ2) is 27.3. The summed E-state index contributed by atoms with van der Waals surface area (Å²) in [7, 11) is 12.5. The molecular formula is C39H58HfN6S. The average molecular weight is 821 g/mol. The molecule has 0 amide bonds. The first-order valence-corrected chi connectivity index (χ1v) is 16.8. The Balaban J connectivity index is 0. The summed E-state index contributed by atoms with van der Waals surface area (Å²) in [5.41, 5.74) is 9.30. The number of anilines is 1. The van der Waals surface area contributed by atoms with Gasteiger partial charge in [-0.25, -0.2) is 4.98 Å². The van der Waals surface area contributed by atoms with E-state index in [4.69, 9.17) is 10.3 Å². The molecule has 4 aromatic rings. The van der Waals surface area contributed by atoms with E-state index in [0.29, 0.717) is 5.92 Å². The van der Waals surface area contributed by atoms with E-state index in [9.17, 15) is 0 Å².